The molecule has 4 aromatic carbocycles. The summed E-state index contributed by atoms with van der Waals surface area (Å²) in [6.45, 7) is 33.8. The Balaban J connectivity index is 0.00000275. The molecule has 0 aromatic heterocycles. The molecule has 0 heterocycles. The van der Waals surface area contributed by atoms with E-state index in [1.807, 2.05) is 0 Å². The molecule has 4 aliphatic rings. The van der Waals surface area contributed by atoms with E-state index in [0.29, 0.717) is 9.54 Å². The van der Waals surface area contributed by atoms with Crippen molar-refractivity contribution in [2.75, 3.05) is 0 Å². The summed E-state index contributed by atoms with van der Waals surface area (Å²) in [6, 6.07) is 33.7. The standard InChI is InChI=1S/C31H37.C13H10.C10H15.2ClH.Zr/c1-28(2,3)26-16-30(7,8)24-12-18-11-19-13-25-23(15-21(19)20(18)14-22(24)26)27(29(4,5)6)17-31(25,9)10;1-3-7-12(8-4-1)11-13-9-5-2-6-10-13;1-8-5-6-9(7-8)10(2,3)4;;;/h11-17H,1-10H3;1-10H;6-8H,1-4H3;2*1H;/q;;;;;+2/p-2. The van der Waals surface area contributed by atoms with Gasteiger partial charge in [-0.05, 0) is 0 Å². The molecule has 8 rings (SSSR count). The largest absolute Gasteiger partial charge is 1.00 e. The van der Waals surface area contributed by atoms with Crippen LogP contribution in [0.2, 0.25) is 0 Å². The first-order valence-electron chi connectivity index (χ1n) is 20.7. The quantitative estimate of drug-likeness (QED) is 0.193. The summed E-state index contributed by atoms with van der Waals surface area (Å²) in [5.74, 6) is 0.401. The van der Waals surface area contributed by atoms with Crippen molar-refractivity contribution in [2.24, 2.45) is 22.2 Å². The Morgan fingerprint density at radius 2 is 0.947 bits per heavy atom. The van der Waals surface area contributed by atoms with Gasteiger partial charge < -0.3 is 24.8 Å². The minimum absolute atomic E-state index is 0. The molecule has 0 amide bonds. The molecule has 4 aliphatic carbocycles. The number of hydrogen-bond donors (Lipinski definition) is 0. The molecular formula is C54H62Cl2Zr. The number of fused-ring (bicyclic) bond motifs is 5. The van der Waals surface area contributed by atoms with Gasteiger partial charge in [-0.3, -0.25) is 0 Å². The summed E-state index contributed by atoms with van der Waals surface area (Å²) >= 11 is -3.02. The van der Waals surface area contributed by atoms with E-state index < -0.39 is 21.3 Å². The van der Waals surface area contributed by atoms with Crippen molar-refractivity contribution < 1.29 is 46.1 Å². The van der Waals surface area contributed by atoms with Gasteiger partial charge in [-0.1, -0.05) is 0 Å². The van der Waals surface area contributed by atoms with Crippen molar-refractivity contribution in [1.82, 2.24) is 0 Å². The van der Waals surface area contributed by atoms with Crippen LogP contribution in [0, 0.1) is 22.2 Å². The Labute approximate surface area is 365 Å². The molecule has 0 aliphatic heterocycles. The summed E-state index contributed by atoms with van der Waals surface area (Å²) in [4.78, 5) is 0. The summed E-state index contributed by atoms with van der Waals surface area (Å²) < 4.78 is 3.68. The fourth-order valence-corrected chi connectivity index (χ4v) is 19.5. The monoisotopic (exact) mass is 870 g/mol. The predicted molar refractivity (Wildman–Crippen MR) is 236 cm³/mol. The van der Waals surface area contributed by atoms with Crippen LogP contribution in [0.15, 0.2) is 118 Å². The van der Waals surface area contributed by atoms with E-state index in [4.69, 9.17) is 0 Å². The summed E-state index contributed by atoms with van der Waals surface area (Å²) in [7, 11) is 0. The third-order valence-corrected chi connectivity index (χ3v) is 21.7. The molecule has 3 heteroatoms. The molecule has 0 spiro atoms. The van der Waals surface area contributed by atoms with E-state index in [9.17, 15) is 0 Å². The van der Waals surface area contributed by atoms with Gasteiger partial charge in [-0.25, -0.2) is 0 Å². The van der Waals surface area contributed by atoms with E-state index in [1.54, 1.807) is 17.6 Å². The van der Waals surface area contributed by atoms with Crippen LogP contribution in [0.4, 0.5) is 0 Å². The summed E-state index contributed by atoms with van der Waals surface area (Å²) in [6.07, 6.45) is 10.5. The van der Waals surface area contributed by atoms with Gasteiger partial charge >= 0.3 is 343 Å². The average molecular weight is 873 g/mol. The second-order valence-electron chi connectivity index (χ2n) is 21.2. The minimum atomic E-state index is -3.02. The third-order valence-electron chi connectivity index (χ3n) is 13.0. The predicted octanol–water partition coefficient (Wildman–Crippen LogP) is 8.60. The zero-order valence-corrected chi connectivity index (χ0v) is 40.8. The molecule has 1 unspecified atom stereocenters. The minimum Gasteiger partial charge on any atom is -1.00 e. The Bertz CT molecular complexity index is 2270. The number of halogens is 2. The molecule has 57 heavy (non-hydrogen) atoms. The van der Waals surface area contributed by atoms with Crippen LogP contribution in [-0.2, 0) is 32.1 Å². The SMILES string of the molecule is CC1C=C(C(C)(C)C)C=[C]1[Zr+2](=[C](c1ccccc1)c1ccccc1)[CH]1c2cc3c(cc2-c2cc4c(cc21)C(C)(C)C=C4C(C)(C)C)C(C(C)(C)C)=CC3(C)C.[Cl-].[Cl-]. The molecule has 0 nitrogen and oxygen atoms in total. The molecule has 0 N–H and O–H groups in total. The van der Waals surface area contributed by atoms with Crippen LogP contribution in [0.25, 0.3) is 22.3 Å². The number of hydrogen-bond acceptors (Lipinski definition) is 0. The second-order valence-corrected chi connectivity index (χ2v) is 27.3. The first kappa shape index (κ1) is 43.7. The van der Waals surface area contributed by atoms with Crippen LogP contribution >= 0.6 is 0 Å². The molecule has 1 atom stereocenters. The Morgan fingerprint density at radius 3 is 1.30 bits per heavy atom. The first-order chi connectivity index (χ1) is 25.6. The molecule has 296 valence electrons. The van der Waals surface area contributed by atoms with Gasteiger partial charge in [-0.2, -0.15) is 0 Å². The maximum absolute atomic E-state index is 3.02. The van der Waals surface area contributed by atoms with E-state index in [-0.39, 0.29) is 51.9 Å². The van der Waals surface area contributed by atoms with Crippen molar-refractivity contribution in [2.45, 2.75) is 111 Å². The summed E-state index contributed by atoms with van der Waals surface area (Å²) in [5.41, 5.74) is 19.4. The Hall–Kier alpha value is -2.83. The molecule has 0 bridgehead atoms. The van der Waals surface area contributed by atoms with Crippen LogP contribution in [0.1, 0.15) is 145 Å². The summed E-state index contributed by atoms with van der Waals surface area (Å²) in [5, 5.41) is 0. The zero-order valence-electron chi connectivity index (χ0n) is 36.8. The fourth-order valence-electron chi connectivity index (χ4n) is 10.1. The number of allylic oxidation sites excluding steroid dienone is 8. The van der Waals surface area contributed by atoms with Crippen molar-refractivity contribution in [3.8, 4) is 11.1 Å². The van der Waals surface area contributed by atoms with Crippen molar-refractivity contribution in [3.05, 3.63) is 163 Å². The van der Waals surface area contributed by atoms with E-state index in [2.05, 4.69) is 206 Å². The maximum atomic E-state index is 2.72. The molecule has 0 saturated heterocycles. The van der Waals surface area contributed by atoms with E-state index in [0.717, 1.165) is 0 Å². The Morgan fingerprint density at radius 1 is 0.544 bits per heavy atom. The van der Waals surface area contributed by atoms with E-state index >= 15 is 0 Å². The Kier molecular flexibility index (Phi) is 11.3. The van der Waals surface area contributed by atoms with Crippen LogP contribution in [0.5, 0.6) is 0 Å². The normalized spacial score (nSPS) is 18.7. The molecule has 0 fully saturated rings. The molecular weight excluding hydrogens is 811 g/mol. The van der Waals surface area contributed by atoms with Crippen molar-refractivity contribution in [1.29, 1.82) is 0 Å². The number of benzene rings is 4. The smallest absolute Gasteiger partial charge is 1.00 e. The van der Waals surface area contributed by atoms with Gasteiger partial charge in [0.1, 0.15) is 0 Å². The molecule has 0 radical (unpaired) electrons. The average Bonchev–Trinajstić information content (AvgIpc) is 3.80. The van der Waals surface area contributed by atoms with Crippen LogP contribution < -0.4 is 24.8 Å². The maximum Gasteiger partial charge on any atom is -1.00 e. The van der Waals surface area contributed by atoms with Gasteiger partial charge in [0.2, 0.25) is 0 Å². The van der Waals surface area contributed by atoms with Gasteiger partial charge in [0.15, 0.2) is 0 Å². The van der Waals surface area contributed by atoms with Crippen molar-refractivity contribution in [3.63, 3.8) is 0 Å². The van der Waals surface area contributed by atoms with Crippen molar-refractivity contribution >= 4 is 14.4 Å². The molecule has 0 saturated carbocycles. The van der Waals surface area contributed by atoms with Gasteiger partial charge in [0.25, 0.3) is 0 Å². The first-order valence-corrected chi connectivity index (χ1v) is 24.6. The zero-order chi connectivity index (χ0) is 39.6. The van der Waals surface area contributed by atoms with Gasteiger partial charge in [-0.15, -0.1) is 0 Å². The van der Waals surface area contributed by atoms with E-state index in [1.165, 1.54) is 61.2 Å². The van der Waals surface area contributed by atoms with Gasteiger partial charge in [0.05, 0.1) is 0 Å². The second kappa shape index (κ2) is 14.7. The number of rotatable bonds is 4. The van der Waals surface area contributed by atoms with Crippen LogP contribution in [0.3, 0.4) is 0 Å². The third kappa shape index (κ3) is 7.40. The van der Waals surface area contributed by atoms with Gasteiger partial charge in [0, 0.05) is 0 Å². The van der Waals surface area contributed by atoms with Crippen LogP contribution in [-0.4, -0.2) is 3.21 Å². The molecule has 4 aromatic rings. The topological polar surface area (TPSA) is 0 Å². The fraction of sp³-hybridized carbons (Fsp3) is 0.389.